The maximum absolute atomic E-state index is 13.5. The molecule has 0 aliphatic carbocycles. The van der Waals surface area contributed by atoms with Crippen molar-refractivity contribution in [3.05, 3.63) is 53.4 Å². The molecule has 0 radical (unpaired) electrons. The summed E-state index contributed by atoms with van der Waals surface area (Å²) >= 11 is 0. The second-order valence-corrected chi connectivity index (χ2v) is 3.96. The Labute approximate surface area is 114 Å². The maximum atomic E-state index is 13.5. The topological polar surface area (TPSA) is 66.9 Å². The molecule has 0 spiro atoms. The van der Waals surface area contributed by atoms with Gasteiger partial charge in [0.25, 0.3) is 5.91 Å². The van der Waals surface area contributed by atoms with E-state index in [1.54, 1.807) is 12.1 Å². The van der Waals surface area contributed by atoms with E-state index in [0.717, 1.165) is 12.1 Å². The van der Waals surface area contributed by atoms with Gasteiger partial charge in [0.05, 0.1) is 12.2 Å². The van der Waals surface area contributed by atoms with Crippen LogP contribution < -0.4 is 10.6 Å². The number of halogens is 2. The van der Waals surface area contributed by atoms with Crippen molar-refractivity contribution in [1.82, 2.24) is 15.5 Å². The van der Waals surface area contributed by atoms with Crippen molar-refractivity contribution >= 4 is 11.6 Å². The fraction of sp³-hybridized carbons (Fsp3) is 0.154. The number of hydrogen-bond donors (Lipinski definition) is 2. The first-order valence-electron chi connectivity index (χ1n) is 5.83. The van der Waals surface area contributed by atoms with E-state index in [0.29, 0.717) is 5.69 Å². The average molecular weight is 278 g/mol. The molecule has 0 unspecified atom stereocenters. The largest absolute Gasteiger partial charge is 0.383 e. The lowest BCUT2D eigenvalue weighted by Crippen LogP contribution is -2.23. The Bertz CT molecular complexity index is 596. The highest BCUT2D eigenvalue weighted by atomic mass is 19.1. The molecule has 5 nitrogen and oxygen atoms in total. The summed E-state index contributed by atoms with van der Waals surface area (Å²) in [5.74, 6) is -2.23. The minimum absolute atomic E-state index is 0.0945. The van der Waals surface area contributed by atoms with Crippen molar-refractivity contribution in [2.45, 2.75) is 6.54 Å². The van der Waals surface area contributed by atoms with Gasteiger partial charge in [0, 0.05) is 18.8 Å². The summed E-state index contributed by atoms with van der Waals surface area (Å²) in [5, 5.41) is 12.3. The fourth-order valence-corrected chi connectivity index (χ4v) is 1.64. The van der Waals surface area contributed by atoms with Crippen LogP contribution in [0.2, 0.25) is 0 Å². The SMILES string of the molecule is CNc1c(F)cc(C(=O)NCc2cccnn2)cc1F. The Morgan fingerprint density at radius 1 is 1.30 bits per heavy atom. The van der Waals surface area contributed by atoms with Crippen molar-refractivity contribution in [2.75, 3.05) is 12.4 Å². The highest BCUT2D eigenvalue weighted by Crippen LogP contribution is 2.20. The molecule has 104 valence electrons. The van der Waals surface area contributed by atoms with Gasteiger partial charge in [0.15, 0.2) is 0 Å². The summed E-state index contributed by atoms with van der Waals surface area (Å²) in [6.45, 7) is 0.129. The third kappa shape index (κ3) is 3.05. The van der Waals surface area contributed by atoms with Gasteiger partial charge in [-0.05, 0) is 24.3 Å². The molecule has 1 heterocycles. The Balaban J connectivity index is 2.10. The summed E-state index contributed by atoms with van der Waals surface area (Å²) in [6.07, 6.45) is 1.51. The molecule has 1 aromatic carbocycles. The van der Waals surface area contributed by atoms with E-state index in [1.807, 2.05) is 0 Å². The van der Waals surface area contributed by atoms with Crippen LogP contribution in [0.4, 0.5) is 14.5 Å². The number of hydrogen-bond acceptors (Lipinski definition) is 4. The predicted molar refractivity (Wildman–Crippen MR) is 69.1 cm³/mol. The van der Waals surface area contributed by atoms with Crippen molar-refractivity contribution in [3.63, 3.8) is 0 Å². The van der Waals surface area contributed by atoms with Gasteiger partial charge < -0.3 is 10.6 Å². The number of nitrogens with zero attached hydrogens (tertiary/aromatic N) is 2. The summed E-state index contributed by atoms with van der Waals surface area (Å²) in [5.41, 5.74) is 0.187. The number of amides is 1. The first-order valence-corrected chi connectivity index (χ1v) is 5.83. The lowest BCUT2D eigenvalue weighted by atomic mass is 10.1. The van der Waals surface area contributed by atoms with Crippen molar-refractivity contribution < 1.29 is 13.6 Å². The Morgan fingerprint density at radius 2 is 2.00 bits per heavy atom. The first-order chi connectivity index (χ1) is 9.61. The predicted octanol–water partition coefficient (Wildman–Crippen LogP) is 1.73. The lowest BCUT2D eigenvalue weighted by Gasteiger charge is -2.08. The number of aromatic nitrogens is 2. The normalized spacial score (nSPS) is 10.2. The summed E-state index contributed by atoms with van der Waals surface area (Å²) < 4.78 is 27.1. The second kappa shape index (κ2) is 6.05. The van der Waals surface area contributed by atoms with Gasteiger partial charge in [0.1, 0.15) is 17.3 Å². The Morgan fingerprint density at radius 3 is 2.55 bits per heavy atom. The molecule has 2 N–H and O–H groups in total. The highest BCUT2D eigenvalue weighted by Gasteiger charge is 2.14. The molecule has 0 aliphatic rings. The Kier molecular flexibility index (Phi) is 4.19. The Hall–Kier alpha value is -2.57. The van der Waals surface area contributed by atoms with E-state index >= 15 is 0 Å². The molecule has 2 rings (SSSR count). The molecule has 1 aromatic heterocycles. The number of nitrogens with one attached hydrogen (secondary N) is 2. The zero-order valence-electron chi connectivity index (χ0n) is 10.7. The van der Waals surface area contributed by atoms with Gasteiger partial charge in [-0.25, -0.2) is 8.78 Å². The van der Waals surface area contributed by atoms with E-state index in [2.05, 4.69) is 20.8 Å². The van der Waals surface area contributed by atoms with Crippen LogP contribution in [-0.2, 0) is 6.54 Å². The molecule has 20 heavy (non-hydrogen) atoms. The van der Waals surface area contributed by atoms with Crippen LogP contribution >= 0.6 is 0 Å². The maximum Gasteiger partial charge on any atom is 0.251 e. The molecule has 0 bridgehead atoms. The van der Waals surface area contributed by atoms with Crippen LogP contribution in [0.1, 0.15) is 16.1 Å². The van der Waals surface area contributed by atoms with Crippen molar-refractivity contribution in [3.8, 4) is 0 Å². The highest BCUT2D eigenvalue weighted by molar-refractivity contribution is 5.94. The molecule has 0 atom stereocenters. The van der Waals surface area contributed by atoms with Gasteiger partial charge in [-0.15, -0.1) is 0 Å². The monoisotopic (exact) mass is 278 g/mol. The molecule has 0 saturated carbocycles. The molecular formula is C13H12F2N4O. The molecule has 0 fully saturated rings. The zero-order valence-corrected chi connectivity index (χ0v) is 10.7. The fourth-order valence-electron chi connectivity index (χ4n) is 1.64. The van der Waals surface area contributed by atoms with Gasteiger partial charge >= 0.3 is 0 Å². The van der Waals surface area contributed by atoms with Crippen LogP contribution in [0.3, 0.4) is 0 Å². The summed E-state index contributed by atoms with van der Waals surface area (Å²) in [6, 6.07) is 5.30. The zero-order chi connectivity index (χ0) is 14.5. The third-order valence-corrected chi connectivity index (χ3v) is 2.61. The lowest BCUT2D eigenvalue weighted by molar-refractivity contribution is 0.0949. The van der Waals surface area contributed by atoms with Gasteiger partial charge in [-0.2, -0.15) is 10.2 Å². The van der Waals surface area contributed by atoms with Crippen LogP contribution in [0.25, 0.3) is 0 Å². The standard InChI is InChI=1S/C13H12F2N4O/c1-16-12-10(14)5-8(6-11(12)15)13(20)17-7-9-3-2-4-18-19-9/h2-6,16H,7H2,1H3,(H,17,20). The number of anilines is 1. The van der Waals surface area contributed by atoms with Crippen molar-refractivity contribution in [2.24, 2.45) is 0 Å². The minimum Gasteiger partial charge on any atom is -0.383 e. The molecular weight excluding hydrogens is 266 g/mol. The van der Waals surface area contributed by atoms with E-state index in [-0.39, 0.29) is 17.8 Å². The molecule has 1 amide bonds. The van der Waals surface area contributed by atoms with Crippen LogP contribution in [-0.4, -0.2) is 23.2 Å². The van der Waals surface area contributed by atoms with Gasteiger partial charge in [-0.3, -0.25) is 4.79 Å². The van der Waals surface area contributed by atoms with Crippen LogP contribution in [0.15, 0.2) is 30.5 Å². The smallest absolute Gasteiger partial charge is 0.251 e. The summed E-state index contributed by atoms with van der Waals surface area (Å²) in [4.78, 5) is 11.8. The van der Waals surface area contributed by atoms with E-state index < -0.39 is 17.5 Å². The summed E-state index contributed by atoms with van der Waals surface area (Å²) in [7, 11) is 1.40. The molecule has 7 heteroatoms. The number of benzene rings is 1. The molecule has 2 aromatic rings. The minimum atomic E-state index is -0.822. The van der Waals surface area contributed by atoms with E-state index in [9.17, 15) is 13.6 Å². The average Bonchev–Trinajstić information content (AvgIpc) is 2.45. The van der Waals surface area contributed by atoms with E-state index in [4.69, 9.17) is 0 Å². The number of rotatable bonds is 4. The van der Waals surface area contributed by atoms with E-state index in [1.165, 1.54) is 13.2 Å². The van der Waals surface area contributed by atoms with Gasteiger partial charge in [0.2, 0.25) is 0 Å². The second-order valence-electron chi connectivity index (χ2n) is 3.96. The third-order valence-electron chi connectivity index (χ3n) is 2.61. The quantitative estimate of drug-likeness (QED) is 0.893. The van der Waals surface area contributed by atoms with Crippen LogP contribution in [0.5, 0.6) is 0 Å². The molecule has 0 aliphatic heterocycles. The number of carbonyl (C=O) groups excluding carboxylic acids is 1. The van der Waals surface area contributed by atoms with Crippen LogP contribution in [0, 0.1) is 11.6 Å². The van der Waals surface area contributed by atoms with Gasteiger partial charge in [-0.1, -0.05) is 0 Å². The van der Waals surface area contributed by atoms with Crippen molar-refractivity contribution in [1.29, 1.82) is 0 Å². The molecule has 0 saturated heterocycles. The number of carbonyl (C=O) groups is 1. The first kappa shape index (κ1) is 13.9.